The van der Waals surface area contributed by atoms with Crippen LogP contribution in [0.2, 0.25) is 0 Å². The summed E-state index contributed by atoms with van der Waals surface area (Å²) in [4.78, 5) is 22.7. The minimum Gasteiger partial charge on any atom is -0.375 e. The molecule has 0 unspecified atom stereocenters. The maximum Gasteiger partial charge on any atom is 0.301 e. The summed E-state index contributed by atoms with van der Waals surface area (Å²) in [5, 5.41) is 19.3. The number of rotatable bonds is 5. The maximum atomic E-state index is 13.4. The van der Waals surface area contributed by atoms with Gasteiger partial charge in [0, 0.05) is 23.1 Å². The van der Waals surface area contributed by atoms with Gasteiger partial charge < -0.3 is 5.32 Å². The fourth-order valence-corrected chi connectivity index (χ4v) is 5.46. The van der Waals surface area contributed by atoms with E-state index >= 15 is 0 Å². The van der Waals surface area contributed by atoms with Crippen LogP contribution in [-0.4, -0.2) is 26.3 Å². The van der Waals surface area contributed by atoms with Crippen molar-refractivity contribution in [3.05, 3.63) is 82.1 Å². The van der Waals surface area contributed by atoms with E-state index in [1.807, 2.05) is 66.0 Å². The van der Waals surface area contributed by atoms with Gasteiger partial charge in [0.2, 0.25) is 10.3 Å². The predicted octanol–water partition coefficient (Wildman–Crippen LogP) is 6.19. The van der Waals surface area contributed by atoms with Gasteiger partial charge in [-0.3, -0.25) is 9.89 Å². The molecular weight excluding hydrogens is 466 g/mol. The monoisotopic (exact) mass is 485 g/mol. The molecule has 10 heteroatoms. The van der Waals surface area contributed by atoms with Gasteiger partial charge in [-0.1, -0.05) is 72.0 Å². The van der Waals surface area contributed by atoms with E-state index in [4.69, 9.17) is 0 Å². The largest absolute Gasteiger partial charge is 0.375 e. The first kappa shape index (κ1) is 20.7. The summed E-state index contributed by atoms with van der Waals surface area (Å²) in [7, 11) is 0. The van der Waals surface area contributed by atoms with Crippen LogP contribution in [0.25, 0.3) is 27.6 Å². The van der Waals surface area contributed by atoms with Crippen LogP contribution in [-0.2, 0) is 6.42 Å². The number of hydrogen-bond acceptors (Lipinski definition) is 8. The van der Waals surface area contributed by atoms with Crippen LogP contribution in [0.5, 0.6) is 0 Å². The number of fused-ring (bicyclic) bond motifs is 1. The highest BCUT2D eigenvalue weighted by Gasteiger charge is 2.20. The highest BCUT2D eigenvalue weighted by molar-refractivity contribution is 7.19. The molecular formula is C24H19N7OS2. The third-order valence-corrected chi connectivity index (χ3v) is 7.24. The Bertz CT molecular complexity index is 1510. The summed E-state index contributed by atoms with van der Waals surface area (Å²) in [6, 6.07) is 19.5. The van der Waals surface area contributed by atoms with Gasteiger partial charge in [-0.25, -0.2) is 9.97 Å². The Labute approximate surface area is 202 Å². The quantitative estimate of drug-likeness (QED) is 0.290. The number of aromatic amines is 1. The summed E-state index contributed by atoms with van der Waals surface area (Å²) < 4.78 is 1.43. The van der Waals surface area contributed by atoms with Gasteiger partial charge in [0.1, 0.15) is 5.00 Å². The second-order valence-electron chi connectivity index (χ2n) is 7.73. The number of benzene rings is 2. The second kappa shape index (κ2) is 8.81. The Balaban J connectivity index is 1.42. The number of hydrogen-bond donors (Lipinski definition) is 2. The number of azo groups is 1. The zero-order valence-electron chi connectivity index (χ0n) is 17.9. The Morgan fingerprint density at radius 3 is 2.47 bits per heavy atom. The number of nitrogens with one attached hydrogen (secondary N) is 2. The van der Waals surface area contributed by atoms with Gasteiger partial charge in [-0.15, -0.1) is 21.6 Å². The van der Waals surface area contributed by atoms with Crippen LogP contribution in [0, 0.1) is 0 Å². The first-order valence-electron chi connectivity index (χ1n) is 10.8. The molecule has 0 saturated carbocycles. The molecule has 0 bridgehead atoms. The van der Waals surface area contributed by atoms with Gasteiger partial charge in [0.05, 0.1) is 17.1 Å². The van der Waals surface area contributed by atoms with Crippen molar-refractivity contribution in [1.82, 2.24) is 19.7 Å². The topological polar surface area (TPSA) is 100 Å². The molecule has 1 aliphatic heterocycles. The second-order valence-corrected chi connectivity index (χ2v) is 9.54. The molecule has 0 spiro atoms. The Kier molecular flexibility index (Phi) is 5.36. The SMILES string of the molecule is O=c1c(N=Nc2nc3c(s2)NCCC3)c(-c2ccccc2)[nH]n1-c1nc(-c2ccccc2)cs1. The number of aryl methyl sites for hydroxylation is 1. The van der Waals surface area contributed by atoms with E-state index in [2.05, 4.69) is 30.6 Å². The Morgan fingerprint density at radius 1 is 0.941 bits per heavy atom. The van der Waals surface area contributed by atoms with Crippen molar-refractivity contribution in [2.45, 2.75) is 12.8 Å². The van der Waals surface area contributed by atoms with Crippen molar-refractivity contribution in [2.75, 3.05) is 11.9 Å². The number of nitrogens with zero attached hydrogens (tertiary/aromatic N) is 5. The zero-order valence-corrected chi connectivity index (χ0v) is 19.6. The van der Waals surface area contributed by atoms with E-state index in [0.29, 0.717) is 16.0 Å². The minimum atomic E-state index is -0.309. The maximum absolute atomic E-state index is 13.4. The minimum absolute atomic E-state index is 0.226. The average Bonchev–Trinajstić information content (AvgIpc) is 3.61. The molecule has 0 atom stereocenters. The Morgan fingerprint density at radius 2 is 1.71 bits per heavy atom. The first-order chi connectivity index (χ1) is 16.8. The molecule has 0 saturated heterocycles. The summed E-state index contributed by atoms with van der Waals surface area (Å²) in [6.07, 6.45) is 1.97. The standard InChI is InChI=1S/C24H19N7OS2/c32-22-20(28-29-23-26-17-12-7-13-25-21(17)34-23)19(16-10-5-2-6-11-16)30-31(22)24-27-18(14-33-24)15-8-3-1-4-9-15/h1-6,8-11,14,25,30H,7,12-13H2. The third-order valence-electron chi connectivity index (χ3n) is 5.48. The van der Waals surface area contributed by atoms with Gasteiger partial charge >= 0.3 is 5.56 Å². The molecule has 6 rings (SSSR count). The highest BCUT2D eigenvalue weighted by Crippen LogP contribution is 2.35. The lowest BCUT2D eigenvalue weighted by Crippen LogP contribution is -2.13. The smallest absolute Gasteiger partial charge is 0.301 e. The van der Waals surface area contributed by atoms with Crippen LogP contribution >= 0.6 is 22.7 Å². The van der Waals surface area contributed by atoms with Crippen molar-refractivity contribution >= 4 is 38.5 Å². The molecule has 168 valence electrons. The van der Waals surface area contributed by atoms with Crippen LogP contribution in [0.3, 0.4) is 0 Å². The molecule has 0 radical (unpaired) electrons. The fraction of sp³-hybridized carbons (Fsp3) is 0.125. The van der Waals surface area contributed by atoms with Crippen molar-refractivity contribution in [3.8, 4) is 27.6 Å². The number of thiazole rings is 2. The van der Waals surface area contributed by atoms with Crippen LogP contribution in [0.1, 0.15) is 12.1 Å². The molecule has 0 fully saturated rings. The van der Waals surface area contributed by atoms with Crippen LogP contribution in [0.15, 0.2) is 81.1 Å². The molecule has 8 nitrogen and oxygen atoms in total. The zero-order chi connectivity index (χ0) is 22.9. The molecule has 1 aliphatic rings. The average molecular weight is 486 g/mol. The number of anilines is 1. The number of aromatic nitrogens is 4. The van der Waals surface area contributed by atoms with Crippen LogP contribution in [0.4, 0.5) is 15.8 Å². The molecule has 3 aromatic heterocycles. The van der Waals surface area contributed by atoms with Crippen molar-refractivity contribution < 1.29 is 0 Å². The molecule has 0 aliphatic carbocycles. The summed E-state index contributed by atoms with van der Waals surface area (Å²) in [6.45, 7) is 0.936. The summed E-state index contributed by atoms with van der Waals surface area (Å²) >= 11 is 2.85. The molecule has 2 aromatic carbocycles. The first-order valence-corrected chi connectivity index (χ1v) is 12.5. The van der Waals surface area contributed by atoms with Gasteiger partial charge in [-0.05, 0) is 12.8 Å². The van der Waals surface area contributed by atoms with E-state index in [1.165, 1.54) is 27.4 Å². The van der Waals surface area contributed by atoms with E-state index in [9.17, 15) is 4.79 Å². The summed E-state index contributed by atoms with van der Waals surface area (Å²) in [5.41, 5.74) is 4.16. The lowest BCUT2D eigenvalue weighted by atomic mass is 10.1. The van der Waals surface area contributed by atoms with Gasteiger partial charge in [-0.2, -0.15) is 4.68 Å². The molecule has 0 amide bonds. The van der Waals surface area contributed by atoms with Crippen molar-refractivity contribution in [3.63, 3.8) is 0 Å². The van der Waals surface area contributed by atoms with E-state index in [1.54, 1.807) is 0 Å². The summed E-state index contributed by atoms with van der Waals surface area (Å²) in [5.74, 6) is 0. The lowest BCUT2D eigenvalue weighted by molar-refractivity contribution is 0.813. The fourth-order valence-electron chi connectivity index (χ4n) is 3.81. The molecule has 2 N–H and O–H groups in total. The lowest BCUT2D eigenvalue weighted by Gasteiger charge is -2.10. The predicted molar refractivity (Wildman–Crippen MR) is 136 cm³/mol. The third kappa shape index (κ3) is 3.87. The van der Waals surface area contributed by atoms with E-state index < -0.39 is 0 Å². The molecule has 5 aromatic rings. The molecule has 34 heavy (non-hydrogen) atoms. The van der Waals surface area contributed by atoms with Crippen LogP contribution < -0.4 is 10.9 Å². The van der Waals surface area contributed by atoms with E-state index in [0.717, 1.165) is 46.9 Å². The Hall–Kier alpha value is -3.89. The van der Waals surface area contributed by atoms with Gasteiger partial charge in [0.15, 0.2) is 5.69 Å². The van der Waals surface area contributed by atoms with Crippen molar-refractivity contribution in [1.29, 1.82) is 0 Å². The number of H-pyrrole nitrogens is 1. The normalized spacial score (nSPS) is 13.2. The van der Waals surface area contributed by atoms with Gasteiger partial charge in [0.25, 0.3) is 0 Å². The van der Waals surface area contributed by atoms with E-state index in [-0.39, 0.29) is 11.2 Å². The highest BCUT2D eigenvalue weighted by atomic mass is 32.1. The van der Waals surface area contributed by atoms with Crippen molar-refractivity contribution in [2.24, 2.45) is 10.2 Å². The molecule has 4 heterocycles.